The van der Waals surface area contributed by atoms with Crippen molar-refractivity contribution in [3.8, 4) is 0 Å². The van der Waals surface area contributed by atoms with E-state index in [4.69, 9.17) is 5.11 Å². The number of likely N-dealkylation sites (N-methyl/N-ethyl adjacent to an activating group) is 1. The summed E-state index contributed by atoms with van der Waals surface area (Å²) < 4.78 is 0. The zero-order valence-electron chi connectivity index (χ0n) is 11.9. The molecule has 0 spiro atoms. The summed E-state index contributed by atoms with van der Waals surface area (Å²) in [4.78, 5) is 29.3. The summed E-state index contributed by atoms with van der Waals surface area (Å²) in [6.07, 6.45) is 3.43. The molecule has 0 aliphatic carbocycles. The topological polar surface area (TPSA) is 99.8 Å². The predicted octanol–water partition coefficient (Wildman–Crippen LogP) is 1.22. The minimum absolute atomic E-state index is 0.335. The van der Waals surface area contributed by atoms with Gasteiger partial charge in [0.25, 0.3) is 0 Å². The molecule has 0 saturated carbocycles. The Morgan fingerprint density at radius 1 is 1.52 bits per heavy atom. The first-order valence-corrected chi connectivity index (χ1v) is 6.80. The van der Waals surface area contributed by atoms with Crippen LogP contribution in [-0.2, 0) is 0 Å². The molecule has 2 heterocycles. The number of nitrogens with zero attached hydrogens (tertiary/aromatic N) is 4. The number of hydrogen-bond donors (Lipinski definition) is 1. The minimum Gasteiger partial charge on any atom is -0.477 e. The van der Waals surface area contributed by atoms with E-state index in [9.17, 15) is 14.9 Å². The Balaban J connectivity index is 2.09. The first-order chi connectivity index (χ1) is 9.99. The van der Waals surface area contributed by atoms with Crippen LogP contribution in [0.5, 0.6) is 0 Å². The smallest absolute Gasteiger partial charge is 0.342 e. The zero-order valence-corrected chi connectivity index (χ0v) is 11.9. The number of carboxylic acid groups (broad SMARTS) is 1. The first-order valence-electron chi connectivity index (χ1n) is 6.80. The van der Waals surface area contributed by atoms with E-state index in [1.165, 1.54) is 18.9 Å². The van der Waals surface area contributed by atoms with E-state index >= 15 is 0 Å². The van der Waals surface area contributed by atoms with Gasteiger partial charge >= 0.3 is 11.7 Å². The molecule has 2 rings (SSSR count). The number of nitro groups is 1. The van der Waals surface area contributed by atoms with Gasteiger partial charge in [-0.15, -0.1) is 0 Å². The van der Waals surface area contributed by atoms with Crippen LogP contribution in [0.2, 0.25) is 0 Å². The molecule has 1 fully saturated rings. The van der Waals surface area contributed by atoms with Crippen molar-refractivity contribution in [2.45, 2.75) is 12.8 Å². The molecule has 1 aliphatic rings. The lowest BCUT2D eigenvalue weighted by molar-refractivity contribution is -0.385. The van der Waals surface area contributed by atoms with Crippen molar-refractivity contribution in [3.05, 3.63) is 27.9 Å². The van der Waals surface area contributed by atoms with Crippen molar-refractivity contribution in [3.63, 3.8) is 0 Å². The van der Waals surface area contributed by atoms with Crippen LogP contribution < -0.4 is 4.90 Å². The molecule has 0 radical (unpaired) electrons. The van der Waals surface area contributed by atoms with E-state index in [1.54, 1.807) is 7.05 Å². The van der Waals surface area contributed by atoms with E-state index in [-0.39, 0.29) is 5.56 Å². The third-order valence-electron chi connectivity index (χ3n) is 3.64. The fourth-order valence-corrected chi connectivity index (χ4v) is 2.37. The maximum absolute atomic E-state index is 11.1. The van der Waals surface area contributed by atoms with Crippen LogP contribution in [0.4, 0.5) is 11.5 Å². The number of hydrogen-bond acceptors (Lipinski definition) is 6. The van der Waals surface area contributed by atoms with Crippen LogP contribution in [0.15, 0.2) is 12.3 Å². The Morgan fingerprint density at radius 2 is 2.19 bits per heavy atom. The molecule has 1 saturated heterocycles. The van der Waals surface area contributed by atoms with Gasteiger partial charge in [0.05, 0.1) is 4.92 Å². The number of aromatic nitrogens is 1. The molecule has 21 heavy (non-hydrogen) atoms. The molecule has 8 nitrogen and oxygen atoms in total. The van der Waals surface area contributed by atoms with Crippen molar-refractivity contribution >= 4 is 17.5 Å². The molecule has 1 aromatic rings. The minimum atomic E-state index is -1.32. The summed E-state index contributed by atoms with van der Waals surface area (Å²) >= 11 is 0. The Hall–Kier alpha value is -2.22. The third-order valence-corrected chi connectivity index (χ3v) is 3.64. The summed E-state index contributed by atoms with van der Waals surface area (Å²) in [6, 6.07) is 1.25. The lowest BCUT2D eigenvalue weighted by Gasteiger charge is -2.22. The predicted molar refractivity (Wildman–Crippen MR) is 76.8 cm³/mol. The molecule has 0 unspecified atom stereocenters. The van der Waals surface area contributed by atoms with Crippen molar-refractivity contribution in [1.82, 2.24) is 9.88 Å². The standard InChI is InChI=1S/C13H18N4O4/c1-15(6-7-16-4-2-3-5-16)12-8-10(13(18)19)11(9-14-12)17(20)21/h8-9H,2-7H2,1H3,(H,18,19). The Labute approximate surface area is 122 Å². The molecule has 0 amide bonds. The highest BCUT2D eigenvalue weighted by Crippen LogP contribution is 2.22. The van der Waals surface area contributed by atoms with Crippen LogP contribution in [0.1, 0.15) is 23.2 Å². The monoisotopic (exact) mass is 294 g/mol. The number of rotatable bonds is 6. The van der Waals surface area contributed by atoms with Crippen molar-refractivity contribution in [2.24, 2.45) is 0 Å². The van der Waals surface area contributed by atoms with E-state index in [1.807, 2.05) is 4.90 Å². The lowest BCUT2D eigenvalue weighted by atomic mass is 10.2. The Bertz CT molecular complexity index is 543. The molecular formula is C13H18N4O4. The maximum Gasteiger partial charge on any atom is 0.342 e. The van der Waals surface area contributed by atoms with Gasteiger partial charge in [0, 0.05) is 26.2 Å². The molecule has 0 atom stereocenters. The highest BCUT2D eigenvalue weighted by molar-refractivity contribution is 5.93. The number of carboxylic acids is 1. The number of likely N-dealkylation sites (tertiary alicyclic amines) is 1. The fourth-order valence-electron chi connectivity index (χ4n) is 2.37. The third kappa shape index (κ3) is 3.66. The van der Waals surface area contributed by atoms with Gasteiger partial charge < -0.3 is 14.9 Å². The summed E-state index contributed by atoms with van der Waals surface area (Å²) in [5.74, 6) is -0.893. The summed E-state index contributed by atoms with van der Waals surface area (Å²) in [5.41, 5.74) is -0.822. The molecular weight excluding hydrogens is 276 g/mol. The van der Waals surface area contributed by atoms with Crippen molar-refractivity contribution < 1.29 is 14.8 Å². The van der Waals surface area contributed by atoms with Crippen molar-refractivity contribution in [1.29, 1.82) is 0 Å². The Morgan fingerprint density at radius 3 is 2.76 bits per heavy atom. The van der Waals surface area contributed by atoms with Crippen LogP contribution in [0, 0.1) is 10.1 Å². The highest BCUT2D eigenvalue weighted by Gasteiger charge is 2.22. The van der Waals surface area contributed by atoms with Crippen LogP contribution in [-0.4, -0.2) is 59.1 Å². The van der Waals surface area contributed by atoms with E-state index < -0.39 is 16.6 Å². The lowest BCUT2D eigenvalue weighted by Crippen LogP contribution is -2.31. The largest absolute Gasteiger partial charge is 0.477 e. The molecule has 8 heteroatoms. The molecule has 114 valence electrons. The SMILES string of the molecule is CN(CCN1CCCC1)c1cc(C(=O)O)c([N+](=O)[O-])cn1. The molecule has 1 aromatic heterocycles. The summed E-state index contributed by atoms with van der Waals surface area (Å²) in [6.45, 7) is 3.74. The number of aromatic carboxylic acids is 1. The van der Waals surface area contributed by atoms with Gasteiger partial charge in [-0.05, 0) is 25.9 Å². The van der Waals surface area contributed by atoms with Gasteiger partial charge in [-0.3, -0.25) is 10.1 Å². The second-order valence-electron chi connectivity index (χ2n) is 5.09. The molecule has 1 aliphatic heterocycles. The highest BCUT2D eigenvalue weighted by atomic mass is 16.6. The molecule has 1 N–H and O–H groups in total. The second kappa shape index (κ2) is 6.49. The first kappa shape index (κ1) is 15.2. The van der Waals surface area contributed by atoms with E-state index in [0.717, 1.165) is 25.8 Å². The summed E-state index contributed by atoms with van der Waals surface area (Å²) in [5, 5.41) is 19.9. The van der Waals surface area contributed by atoms with Gasteiger partial charge in [-0.25, -0.2) is 9.78 Å². The van der Waals surface area contributed by atoms with Gasteiger partial charge in [-0.1, -0.05) is 0 Å². The maximum atomic E-state index is 11.1. The normalized spacial score (nSPS) is 15.1. The van der Waals surface area contributed by atoms with Gasteiger partial charge in [0.15, 0.2) is 0 Å². The second-order valence-corrected chi connectivity index (χ2v) is 5.09. The number of pyridine rings is 1. The summed E-state index contributed by atoms with van der Waals surface area (Å²) in [7, 11) is 1.80. The Kier molecular flexibility index (Phi) is 4.69. The van der Waals surface area contributed by atoms with Crippen LogP contribution in [0.3, 0.4) is 0 Å². The van der Waals surface area contributed by atoms with E-state index in [2.05, 4.69) is 9.88 Å². The number of anilines is 1. The van der Waals surface area contributed by atoms with Gasteiger partial charge in [0.2, 0.25) is 0 Å². The quantitative estimate of drug-likeness (QED) is 0.622. The van der Waals surface area contributed by atoms with Gasteiger partial charge in [0.1, 0.15) is 17.6 Å². The van der Waals surface area contributed by atoms with Gasteiger partial charge in [-0.2, -0.15) is 0 Å². The average molecular weight is 294 g/mol. The molecule has 0 aromatic carbocycles. The zero-order chi connectivity index (χ0) is 15.4. The average Bonchev–Trinajstić information content (AvgIpc) is 2.97. The number of carbonyl (C=O) groups is 1. The van der Waals surface area contributed by atoms with Crippen LogP contribution >= 0.6 is 0 Å². The van der Waals surface area contributed by atoms with E-state index in [0.29, 0.717) is 12.4 Å². The molecule has 0 bridgehead atoms. The fraction of sp³-hybridized carbons (Fsp3) is 0.538. The van der Waals surface area contributed by atoms with Crippen molar-refractivity contribution in [2.75, 3.05) is 38.1 Å². The van der Waals surface area contributed by atoms with Crippen LogP contribution in [0.25, 0.3) is 0 Å².